The van der Waals surface area contributed by atoms with E-state index < -0.39 is 48.3 Å². The van der Waals surface area contributed by atoms with Crippen LogP contribution in [-0.4, -0.2) is 72.3 Å². The summed E-state index contributed by atoms with van der Waals surface area (Å²) in [7, 11) is 0. The number of guanidine groups is 1. The molecule has 0 bridgehead atoms. The monoisotopic (exact) mass is 777 g/mol. The van der Waals surface area contributed by atoms with Crippen molar-refractivity contribution >= 4 is 29.6 Å². The molecule has 0 unspecified atom stereocenters. The molecular weight excluding hydrogens is 737 g/mol. The van der Waals surface area contributed by atoms with Gasteiger partial charge in [-0.3, -0.25) is 15.1 Å². The van der Waals surface area contributed by atoms with Crippen molar-refractivity contribution in [1.29, 1.82) is 5.41 Å². The number of nitrogens with zero attached hydrogens (tertiary/aromatic N) is 6. The van der Waals surface area contributed by atoms with Crippen molar-refractivity contribution in [1.82, 2.24) is 40.1 Å². The number of halogens is 6. The Morgan fingerprint density at radius 3 is 2.31 bits per heavy atom. The van der Waals surface area contributed by atoms with E-state index in [0.29, 0.717) is 40.0 Å². The molecule has 54 heavy (non-hydrogen) atoms. The summed E-state index contributed by atoms with van der Waals surface area (Å²) in [6, 6.07) is 9.57. The molecule has 0 radical (unpaired) electrons. The Morgan fingerprint density at radius 1 is 1.06 bits per heavy atom. The molecule has 4 aromatic rings. The molecule has 1 aliphatic rings. The largest absolute Gasteiger partial charge is 0.447 e. The van der Waals surface area contributed by atoms with Gasteiger partial charge in [0.2, 0.25) is 0 Å². The zero-order valence-corrected chi connectivity index (χ0v) is 31.0. The van der Waals surface area contributed by atoms with Crippen LogP contribution in [0.5, 0.6) is 0 Å². The van der Waals surface area contributed by atoms with Crippen LogP contribution in [0.25, 0.3) is 16.8 Å². The second-order valence-corrected chi connectivity index (χ2v) is 15.5. The van der Waals surface area contributed by atoms with E-state index in [1.165, 1.54) is 48.8 Å². The molecule has 290 valence electrons. The summed E-state index contributed by atoms with van der Waals surface area (Å²) in [5, 5.41) is 22.8. The smallest absolute Gasteiger partial charge is 0.407 e. The number of alkyl carbamates (subject to hydrolysis) is 1. The van der Waals surface area contributed by atoms with Gasteiger partial charge in [0, 0.05) is 29.4 Å². The molecule has 1 atom stereocenters. The minimum absolute atomic E-state index is 0.107. The standard InChI is InChI=1S/C36H41ClF5N9O3/c1-33(2,3)12-13-45-31(43)51(29(52)23-8-6-22(7-9-23)25-15-46-49(16-25)30(38)39)28(24-10-11-26(37)27(14-24)50-21-44-20-47-50)17-54-32(53)48-35(5)18-34(4,19-35)36(40,41)42/h6-11,14-16,20-21,28,30H,12-13,17-19H2,1-5H3,(H2,43,45)(H,48,53)/t28-,34?,35?/m1/s1. The normalized spacial score (nSPS) is 19.2. The van der Waals surface area contributed by atoms with Crippen LogP contribution in [0.1, 0.15) is 82.4 Å². The molecular formula is C36H41ClF5N9O3. The Labute approximate surface area is 313 Å². The van der Waals surface area contributed by atoms with Gasteiger partial charge in [-0.25, -0.2) is 19.1 Å². The van der Waals surface area contributed by atoms with Crippen LogP contribution >= 0.6 is 11.6 Å². The highest BCUT2D eigenvalue weighted by Gasteiger charge is 2.63. The fraction of sp³-hybridized carbons (Fsp3) is 0.444. The Balaban J connectivity index is 1.49. The molecule has 1 saturated carbocycles. The summed E-state index contributed by atoms with van der Waals surface area (Å²) in [4.78, 5) is 32.8. The van der Waals surface area contributed by atoms with Gasteiger partial charge in [-0.05, 0) is 67.0 Å². The van der Waals surface area contributed by atoms with Gasteiger partial charge in [0.15, 0.2) is 5.96 Å². The Bertz CT molecular complexity index is 1950. The topological polar surface area (TPSA) is 143 Å². The van der Waals surface area contributed by atoms with E-state index in [9.17, 15) is 31.5 Å². The molecule has 2 aromatic heterocycles. The number of carbonyl (C=O) groups excluding carboxylic acids is 2. The van der Waals surface area contributed by atoms with Crippen LogP contribution in [0.2, 0.25) is 5.02 Å². The van der Waals surface area contributed by atoms with Crippen LogP contribution in [0.15, 0.2) is 67.5 Å². The van der Waals surface area contributed by atoms with E-state index in [0.717, 1.165) is 11.8 Å². The van der Waals surface area contributed by atoms with E-state index in [4.69, 9.17) is 21.7 Å². The molecule has 2 amide bonds. The fourth-order valence-electron chi connectivity index (χ4n) is 6.54. The van der Waals surface area contributed by atoms with Crippen molar-refractivity contribution in [3.8, 4) is 16.8 Å². The summed E-state index contributed by atoms with van der Waals surface area (Å²) in [6.45, 7) is 5.57. The lowest BCUT2D eigenvalue weighted by Crippen LogP contribution is -2.63. The molecule has 5 rings (SSSR count). The highest BCUT2D eigenvalue weighted by molar-refractivity contribution is 6.32. The third kappa shape index (κ3) is 9.17. The van der Waals surface area contributed by atoms with Gasteiger partial charge in [-0.1, -0.05) is 57.5 Å². The van der Waals surface area contributed by atoms with Crippen molar-refractivity contribution in [2.24, 2.45) is 10.8 Å². The summed E-state index contributed by atoms with van der Waals surface area (Å²) in [5.74, 6) is -1.01. The summed E-state index contributed by atoms with van der Waals surface area (Å²) in [5.41, 5.74) is -1.56. The van der Waals surface area contributed by atoms with Crippen molar-refractivity contribution < 1.29 is 36.3 Å². The minimum atomic E-state index is -4.45. The second-order valence-electron chi connectivity index (χ2n) is 15.1. The van der Waals surface area contributed by atoms with Gasteiger partial charge in [-0.15, -0.1) is 0 Å². The number of rotatable bonds is 11. The number of carbonyl (C=O) groups is 2. The number of aromatic nitrogens is 5. The molecule has 18 heteroatoms. The third-order valence-electron chi connectivity index (χ3n) is 9.25. The highest BCUT2D eigenvalue weighted by atomic mass is 35.5. The number of alkyl halides is 5. The number of hydrogen-bond donors (Lipinski definition) is 3. The van der Waals surface area contributed by atoms with E-state index in [1.54, 1.807) is 30.3 Å². The molecule has 12 nitrogen and oxygen atoms in total. The molecule has 0 saturated heterocycles. The number of nitrogens with one attached hydrogen (secondary N) is 3. The highest BCUT2D eigenvalue weighted by Crippen LogP contribution is 2.57. The maximum Gasteiger partial charge on any atom is 0.407 e. The summed E-state index contributed by atoms with van der Waals surface area (Å²) < 4.78 is 74.6. The van der Waals surface area contributed by atoms with Crippen LogP contribution in [0, 0.1) is 16.2 Å². The first-order valence-electron chi connectivity index (χ1n) is 16.9. The molecule has 2 heterocycles. The molecule has 2 aromatic carbocycles. The molecule has 0 aliphatic heterocycles. The van der Waals surface area contributed by atoms with E-state index in [1.807, 2.05) is 20.8 Å². The first-order valence-corrected chi connectivity index (χ1v) is 17.3. The number of hydrogen-bond acceptors (Lipinski definition) is 7. The predicted octanol–water partition coefficient (Wildman–Crippen LogP) is 8.17. The van der Waals surface area contributed by atoms with Gasteiger partial charge < -0.3 is 15.4 Å². The van der Waals surface area contributed by atoms with E-state index >= 15 is 0 Å². The number of ether oxygens (including phenoxy) is 1. The van der Waals surface area contributed by atoms with Crippen LogP contribution < -0.4 is 10.6 Å². The van der Waals surface area contributed by atoms with Crippen molar-refractivity contribution in [3.05, 3.63) is 83.7 Å². The molecule has 1 fully saturated rings. The lowest BCUT2D eigenvalue weighted by Gasteiger charge is -2.53. The van der Waals surface area contributed by atoms with Gasteiger partial charge in [-0.2, -0.15) is 32.1 Å². The molecule has 0 spiro atoms. The Hall–Kier alpha value is -5.06. The lowest BCUT2D eigenvalue weighted by atomic mass is 9.58. The van der Waals surface area contributed by atoms with Gasteiger partial charge in [0.1, 0.15) is 19.3 Å². The summed E-state index contributed by atoms with van der Waals surface area (Å²) in [6.07, 6.45) is -0.411. The van der Waals surface area contributed by atoms with E-state index in [2.05, 4.69) is 25.8 Å². The van der Waals surface area contributed by atoms with Crippen molar-refractivity contribution in [3.63, 3.8) is 0 Å². The summed E-state index contributed by atoms with van der Waals surface area (Å²) >= 11 is 6.52. The van der Waals surface area contributed by atoms with Crippen molar-refractivity contribution in [2.75, 3.05) is 13.2 Å². The fourth-order valence-corrected chi connectivity index (χ4v) is 6.74. The zero-order chi connectivity index (χ0) is 39.6. The minimum Gasteiger partial charge on any atom is -0.447 e. The maximum absolute atomic E-state index is 14.5. The average Bonchev–Trinajstić information content (AvgIpc) is 3.79. The van der Waals surface area contributed by atoms with Crippen LogP contribution in [0.4, 0.5) is 26.7 Å². The number of benzene rings is 2. The molecule has 1 aliphatic carbocycles. The predicted molar refractivity (Wildman–Crippen MR) is 190 cm³/mol. The maximum atomic E-state index is 14.5. The van der Waals surface area contributed by atoms with Crippen LogP contribution in [-0.2, 0) is 4.74 Å². The molecule has 3 N–H and O–H groups in total. The first kappa shape index (κ1) is 40.1. The SMILES string of the molecule is CC(C)(C)CCNC(=N)N(C(=O)c1ccc(-c2cnn(C(F)F)c2)cc1)[C@H](COC(=O)NC1(C)CC(C)(C(F)(F)F)C1)c1ccc(Cl)c(-n2cncn2)c1. The second kappa shape index (κ2) is 15.4. The van der Waals surface area contributed by atoms with Gasteiger partial charge in [0.05, 0.1) is 28.4 Å². The van der Waals surface area contributed by atoms with Crippen molar-refractivity contribution in [2.45, 2.75) is 78.2 Å². The third-order valence-corrected chi connectivity index (χ3v) is 9.57. The van der Waals surface area contributed by atoms with E-state index in [-0.39, 0.29) is 34.8 Å². The van der Waals surface area contributed by atoms with Gasteiger partial charge in [0.25, 0.3) is 5.91 Å². The van der Waals surface area contributed by atoms with Crippen LogP contribution in [0.3, 0.4) is 0 Å². The lowest BCUT2D eigenvalue weighted by molar-refractivity contribution is -0.260. The Kier molecular flexibility index (Phi) is 11.4. The first-order chi connectivity index (χ1) is 25.2. The average molecular weight is 778 g/mol. The quantitative estimate of drug-likeness (QED) is 0.0792. The Morgan fingerprint density at radius 2 is 1.74 bits per heavy atom. The number of amides is 2. The van der Waals surface area contributed by atoms with Gasteiger partial charge >= 0.3 is 18.8 Å². The zero-order valence-electron chi connectivity index (χ0n) is 30.2.